The molecule has 1 heterocycles. The lowest BCUT2D eigenvalue weighted by atomic mass is 10.1. The first kappa shape index (κ1) is 14.8. The summed E-state index contributed by atoms with van der Waals surface area (Å²) in [7, 11) is 0. The van der Waals surface area contributed by atoms with E-state index in [4.69, 9.17) is 0 Å². The number of carbonyl (C=O) groups excluding carboxylic acids is 1. The molecule has 0 fully saturated rings. The molecule has 0 spiro atoms. The summed E-state index contributed by atoms with van der Waals surface area (Å²) in [6, 6.07) is 4.15. The molecule has 0 atom stereocenters. The van der Waals surface area contributed by atoms with Crippen molar-refractivity contribution in [1.29, 1.82) is 0 Å². The highest BCUT2D eigenvalue weighted by Gasteiger charge is 2.12. The van der Waals surface area contributed by atoms with Crippen LogP contribution in [0.15, 0.2) is 18.3 Å². The molecular weight excluding hydrogens is 226 g/mol. The maximum Gasteiger partial charge on any atom is 0.221 e. The van der Waals surface area contributed by atoms with Gasteiger partial charge in [0.2, 0.25) is 5.91 Å². The van der Waals surface area contributed by atoms with Crippen LogP contribution in [0.1, 0.15) is 39.8 Å². The molecule has 0 bridgehead atoms. The summed E-state index contributed by atoms with van der Waals surface area (Å²) in [6.45, 7) is 10.6. The van der Waals surface area contributed by atoms with Gasteiger partial charge >= 0.3 is 0 Å². The molecular formula is C14H25N3O. The van der Waals surface area contributed by atoms with Crippen molar-refractivity contribution in [2.75, 3.05) is 6.54 Å². The Labute approximate surface area is 110 Å². The lowest BCUT2D eigenvalue weighted by Gasteiger charge is -2.20. The number of hydrogen-bond donors (Lipinski definition) is 2. The average molecular weight is 251 g/mol. The highest BCUT2D eigenvalue weighted by atomic mass is 16.1. The lowest BCUT2D eigenvalue weighted by Crippen LogP contribution is -2.41. The van der Waals surface area contributed by atoms with Crippen molar-refractivity contribution in [1.82, 2.24) is 15.2 Å². The summed E-state index contributed by atoms with van der Waals surface area (Å²) in [4.78, 5) is 11.6. The summed E-state index contributed by atoms with van der Waals surface area (Å²) in [5.41, 5.74) is 1.11. The molecule has 0 saturated heterocycles. The number of nitrogens with one attached hydrogen (secondary N) is 2. The summed E-state index contributed by atoms with van der Waals surface area (Å²) < 4.78 is 2.20. The molecule has 102 valence electrons. The van der Waals surface area contributed by atoms with Gasteiger partial charge in [-0.15, -0.1) is 0 Å². The second-order valence-electron chi connectivity index (χ2n) is 5.51. The van der Waals surface area contributed by atoms with Gasteiger partial charge in [0.1, 0.15) is 0 Å². The summed E-state index contributed by atoms with van der Waals surface area (Å²) in [5.74, 6) is 0.0980. The Kier molecular flexibility index (Phi) is 5.41. The molecule has 0 unspecified atom stereocenters. The molecule has 18 heavy (non-hydrogen) atoms. The van der Waals surface area contributed by atoms with E-state index in [1.54, 1.807) is 0 Å². The third-order valence-corrected chi connectivity index (χ3v) is 2.61. The Morgan fingerprint density at radius 1 is 1.39 bits per heavy atom. The van der Waals surface area contributed by atoms with E-state index in [1.165, 1.54) is 5.69 Å². The van der Waals surface area contributed by atoms with E-state index in [0.717, 1.165) is 13.1 Å². The van der Waals surface area contributed by atoms with Crippen molar-refractivity contribution in [3.8, 4) is 0 Å². The molecule has 0 aliphatic carbocycles. The smallest absolute Gasteiger partial charge is 0.221 e. The van der Waals surface area contributed by atoms with Crippen molar-refractivity contribution in [2.24, 2.45) is 0 Å². The van der Waals surface area contributed by atoms with Crippen LogP contribution in [-0.4, -0.2) is 22.6 Å². The van der Waals surface area contributed by atoms with Crippen LogP contribution in [0, 0.1) is 0 Å². The Hall–Kier alpha value is -1.29. The monoisotopic (exact) mass is 251 g/mol. The predicted octanol–water partition coefficient (Wildman–Crippen LogP) is 1.90. The molecule has 1 rings (SSSR count). The molecule has 4 heteroatoms. The van der Waals surface area contributed by atoms with Crippen molar-refractivity contribution < 1.29 is 4.79 Å². The fourth-order valence-corrected chi connectivity index (χ4v) is 1.82. The van der Waals surface area contributed by atoms with Gasteiger partial charge in [-0.25, -0.2) is 0 Å². The number of rotatable bonds is 6. The third-order valence-electron chi connectivity index (χ3n) is 2.61. The number of aryl methyl sites for hydroxylation is 1. The van der Waals surface area contributed by atoms with Gasteiger partial charge in [-0.1, -0.05) is 0 Å². The molecule has 0 aromatic carbocycles. The molecule has 1 aromatic heterocycles. The highest BCUT2D eigenvalue weighted by molar-refractivity contribution is 5.76. The third kappa shape index (κ3) is 5.36. The number of nitrogens with zero attached hydrogens (tertiary/aromatic N) is 1. The van der Waals surface area contributed by atoms with Gasteiger partial charge in [-0.05, 0) is 39.8 Å². The molecule has 2 N–H and O–H groups in total. The number of amides is 1. The molecule has 0 radical (unpaired) electrons. The van der Waals surface area contributed by atoms with Gasteiger partial charge in [0.15, 0.2) is 0 Å². The summed E-state index contributed by atoms with van der Waals surface area (Å²) in [6.07, 6.45) is 2.59. The Morgan fingerprint density at radius 2 is 2.11 bits per heavy atom. The van der Waals surface area contributed by atoms with E-state index in [1.807, 2.05) is 26.8 Å². The van der Waals surface area contributed by atoms with Gasteiger partial charge in [-0.2, -0.15) is 0 Å². The zero-order chi connectivity index (χ0) is 13.6. The maximum atomic E-state index is 11.6. The standard InChI is InChI=1S/C14H25N3O/c1-5-17-10-6-7-12(17)11-15-9-8-13(18)16-14(2,3)4/h6-7,10,15H,5,8-9,11H2,1-4H3,(H,16,18). The molecule has 0 aliphatic heterocycles. The minimum absolute atomic E-state index is 0.0980. The SMILES string of the molecule is CCn1cccc1CNCCC(=O)NC(C)(C)C. The van der Waals surface area contributed by atoms with Crippen LogP contribution in [0.4, 0.5) is 0 Å². The van der Waals surface area contributed by atoms with Crippen molar-refractivity contribution in [2.45, 2.75) is 52.7 Å². The summed E-state index contributed by atoms with van der Waals surface area (Å²) in [5, 5.41) is 6.25. The van der Waals surface area contributed by atoms with Crippen LogP contribution in [0.5, 0.6) is 0 Å². The first-order chi connectivity index (χ1) is 8.42. The Morgan fingerprint density at radius 3 is 2.72 bits per heavy atom. The number of hydrogen-bond acceptors (Lipinski definition) is 2. The van der Waals surface area contributed by atoms with E-state index < -0.39 is 0 Å². The zero-order valence-electron chi connectivity index (χ0n) is 11.9. The number of carbonyl (C=O) groups is 1. The van der Waals surface area contributed by atoms with Gasteiger partial charge in [0, 0.05) is 43.5 Å². The van der Waals surface area contributed by atoms with Crippen LogP contribution >= 0.6 is 0 Å². The zero-order valence-corrected chi connectivity index (χ0v) is 11.9. The van der Waals surface area contributed by atoms with E-state index in [2.05, 4.69) is 34.4 Å². The van der Waals surface area contributed by atoms with Crippen LogP contribution in [-0.2, 0) is 17.9 Å². The molecule has 0 aliphatic rings. The normalized spacial score (nSPS) is 11.6. The van der Waals surface area contributed by atoms with Crippen LogP contribution in [0.2, 0.25) is 0 Å². The van der Waals surface area contributed by atoms with Gasteiger partial charge in [0.25, 0.3) is 0 Å². The van der Waals surface area contributed by atoms with Gasteiger partial charge in [-0.3, -0.25) is 4.79 Å². The van der Waals surface area contributed by atoms with E-state index in [0.29, 0.717) is 13.0 Å². The average Bonchev–Trinajstić information content (AvgIpc) is 2.69. The minimum atomic E-state index is -0.145. The quantitative estimate of drug-likeness (QED) is 0.759. The van der Waals surface area contributed by atoms with Crippen LogP contribution < -0.4 is 10.6 Å². The Bertz CT molecular complexity index is 377. The van der Waals surface area contributed by atoms with E-state index in [-0.39, 0.29) is 11.4 Å². The second-order valence-corrected chi connectivity index (χ2v) is 5.51. The van der Waals surface area contributed by atoms with Crippen molar-refractivity contribution in [3.63, 3.8) is 0 Å². The fraction of sp³-hybridized carbons (Fsp3) is 0.643. The van der Waals surface area contributed by atoms with Gasteiger partial charge in [0.05, 0.1) is 0 Å². The van der Waals surface area contributed by atoms with E-state index >= 15 is 0 Å². The topological polar surface area (TPSA) is 46.1 Å². The largest absolute Gasteiger partial charge is 0.351 e. The maximum absolute atomic E-state index is 11.6. The number of aromatic nitrogens is 1. The van der Waals surface area contributed by atoms with Crippen molar-refractivity contribution >= 4 is 5.91 Å². The van der Waals surface area contributed by atoms with E-state index in [9.17, 15) is 4.79 Å². The predicted molar refractivity (Wildman–Crippen MR) is 74.3 cm³/mol. The minimum Gasteiger partial charge on any atom is -0.351 e. The summed E-state index contributed by atoms with van der Waals surface area (Å²) >= 11 is 0. The van der Waals surface area contributed by atoms with Crippen molar-refractivity contribution in [3.05, 3.63) is 24.0 Å². The molecule has 1 aromatic rings. The van der Waals surface area contributed by atoms with Crippen LogP contribution in [0.3, 0.4) is 0 Å². The fourth-order valence-electron chi connectivity index (χ4n) is 1.82. The molecule has 1 amide bonds. The first-order valence-electron chi connectivity index (χ1n) is 6.58. The Balaban J connectivity index is 2.21. The van der Waals surface area contributed by atoms with Gasteiger partial charge < -0.3 is 15.2 Å². The highest BCUT2D eigenvalue weighted by Crippen LogP contribution is 2.02. The second kappa shape index (κ2) is 6.59. The van der Waals surface area contributed by atoms with Crippen LogP contribution in [0.25, 0.3) is 0 Å². The first-order valence-corrected chi connectivity index (χ1v) is 6.58. The lowest BCUT2D eigenvalue weighted by molar-refractivity contribution is -0.122. The molecule has 0 saturated carbocycles. The molecule has 4 nitrogen and oxygen atoms in total.